The van der Waals surface area contributed by atoms with Gasteiger partial charge in [0.2, 0.25) is 5.82 Å². The Balaban J connectivity index is 1.74. The Kier molecular flexibility index (Phi) is 5.08. The molecule has 0 aliphatic carbocycles. The number of tetrazole rings is 1. The van der Waals surface area contributed by atoms with E-state index in [1.54, 1.807) is 14.0 Å². The van der Waals surface area contributed by atoms with Gasteiger partial charge in [0.25, 0.3) is 5.91 Å². The van der Waals surface area contributed by atoms with Gasteiger partial charge in [-0.25, -0.2) is 0 Å². The van der Waals surface area contributed by atoms with E-state index in [0.717, 1.165) is 10.0 Å². The van der Waals surface area contributed by atoms with E-state index in [-0.39, 0.29) is 5.91 Å². The molecule has 0 spiro atoms. The zero-order chi connectivity index (χ0) is 17.8. The SMILES string of the molecule is COc1cccc(-c2nnn([C@H](C)C(=O)Nc3ccc(Br)cc3)n2)c1. The predicted molar refractivity (Wildman–Crippen MR) is 97.3 cm³/mol. The Morgan fingerprint density at radius 1 is 1.24 bits per heavy atom. The molecular weight excluding hydrogens is 386 g/mol. The summed E-state index contributed by atoms with van der Waals surface area (Å²) in [5, 5.41) is 15.1. The third kappa shape index (κ3) is 4.03. The van der Waals surface area contributed by atoms with Crippen LogP contribution >= 0.6 is 15.9 Å². The topological polar surface area (TPSA) is 81.9 Å². The van der Waals surface area contributed by atoms with Crippen LogP contribution in [0.3, 0.4) is 0 Å². The van der Waals surface area contributed by atoms with E-state index in [0.29, 0.717) is 17.3 Å². The molecule has 0 bridgehead atoms. The van der Waals surface area contributed by atoms with Crippen molar-refractivity contribution < 1.29 is 9.53 Å². The molecule has 0 saturated heterocycles. The zero-order valence-electron chi connectivity index (χ0n) is 13.7. The average molecular weight is 402 g/mol. The van der Waals surface area contributed by atoms with Crippen molar-refractivity contribution in [1.82, 2.24) is 20.2 Å². The van der Waals surface area contributed by atoms with Crippen LogP contribution in [0.15, 0.2) is 53.0 Å². The van der Waals surface area contributed by atoms with E-state index in [2.05, 4.69) is 36.7 Å². The van der Waals surface area contributed by atoms with Gasteiger partial charge in [-0.3, -0.25) is 4.79 Å². The second-order valence-corrected chi connectivity index (χ2v) is 6.25. The first kappa shape index (κ1) is 17.1. The number of benzene rings is 2. The number of ether oxygens (including phenoxy) is 1. The summed E-state index contributed by atoms with van der Waals surface area (Å²) in [5.74, 6) is 0.911. The molecule has 1 heterocycles. The fourth-order valence-corrected chi connectivity index (χ4v) is 2.42. The van der Waals surface area contributed by atoms with Gasteiger partial charge in [0, 0.05) is 15.7 Å². The van der Waals surface area contributed by atoms with Crippen molar-refractivity contribution in [3.63, 3.8) is 0 Å². The van der Waals surface area contributed by atoms with Crippen molar-refractivity contribution in [2.24, 2.45) is 0 Å². The number of nitrogens with one attached hydrogen (secondary N) is 1. The molecule has 7 nitrogen and oxygen atoms in total. The first-order chi connectivity index (χ1) is 12.1. The van der Waals surface area contributed by atoms with Crippen molar-refractivity contribution >= 4 is 27.5 Å². The van der Waals surface area contributed by atoms with Crippen molar-refractivity contribution in [1.29, 1.82) is 0 Å². The van der Waals surface area contributed by atoms with E-state index in [1.807, 2.05) is 48.5 Å². The number of amides is 1. The molecule has 0 aliphatic rings. The van der Waals surface area contributed by atoms with Gasteiger partial charge in [-0.2, -0.15) is 4.80 Å². The number of aromatic nitrogens is 4. The van der Waals surface area contributed by atoms with Crippen molar-refractivity contribution in [2.45, 2.75) is 13.0 Å². The molecule has 1 aromatic heterocycles. The van der Waals surface area contributed by atoms with Crippen LogP contribution in [0.5, 0.6) is 5.75 Å². The minimum absolute atomic E-state index is 0.225. The van der Waals surface area contributed by atoms with Gasteiger partial charge in [-0.05, 0) is 48.5 Å². The highest BCUT2D eigenvalue weighted by Gasteiger charge is 2.19. The highest BCUT2D eigenvalue weighted by Crippen LogP contribution is 2.21. The van der Waals surface area contributed by atoms with Crippen LogP contribution < -0.4 is 10.1 Å². The largest absolute Gasteiger partial charge is 0.497 e. The Morgan fingerprint density at radius 2 is 2.00 bits per heavy atom. The summed E-state index contributed by atoms with van der Waals surface area (Å²) < 4.78 is 6.14. The summed E-state index contributed by atoms with van der Waals surface area (Å²) in [6.45, 7) is 1.71. The number of halogens is 1. The molecule has 0 fully saturated rings. The van der Waals surface area contributed by atoms with E-state index in [1.165, 1.54) is 4.80 Å². The minimum Gasteiger partial charge on any atom is -0.497 e. The number of methoxy groups -OCH3 is 1. The fraction of sp³-hybridized carbons (Fsp3) is 0.176. The third-order valence-corrected chi connectivity index (χ3v) is 4.12. The molecule has 1 atom stereocenters. The summed E-state index contributed by atoms with van der Waals surface area (Å²) in [6.07, 6.45) is 0. The maximum atomic E-state index is 12.4. The minimum atomic E-state index is -0.601. The van der Waals surface area contributed by atoms with Crippen LogP contribution in [-0.2, 0) is 4.79 Å². The summed E-state index contributed by atoms with van der Waals surface area (Å²) in [6, 6.07) is 14.1. The summed E-state index contributed by atoms with van der Waals surface area (Å²) in [4.78, 5) is 13.7. The van der Waals surface area contributed by atoms with E-state index in [4.69, 9.17) is 4.74 Å². The van der Waals surface area contributed by atoms with Gasteiger partial charge >= 0.3 is 0 Å². The van der Waals surface area contributed by atoms with Crippen LogP contribution in [0.4, 0.5) is 5.69 Å². The van der Waals surface area contributed by atoms with E-state index >= 15 is 0 Å². The summed E-state index contributed by atoms with van der Waals surface area (Å²) in [7, 11) is 1.60. The van der Waals surface area contributed by atoms with Crippen LogP contribution in [-0.4, -0.2) is 33.2 Å². The normalized spacial score (nSPS) is 11.8. The molecular formula is C17H16BrN5O2. The maximum absolute atomic E-state index is 12.4. The van der Waals surface area contributed by atoms with E-state index < -0.39 is 6.04 Å². The Hall–Kier alpha value is -2.74. The standard InChI is InChI=1S/C17H16BrN5O2/c1-11(17(24)19-14-8-6-13(18)7-9-14)23-21-16(20-22-23)12-4-3-5-15(10-12)25-2/h3-11H,1-2H3,(H,19,24)/t11-/m1/s1. The monoisotopic (exact) mass is 401 g/mol. The molecule has 2 aromatic carbocycles. The van der Waals surface area contributed by atoms with Crippen LogP contribution in [0, 0.1) is 0 Å². The van der Waals surface area contributed by atoms with Gasteiger partial charge in [-0.15, -0.1) is 10.2 Å². The Bertz CT molecular complexity index is 879. The lowest BCUT2D eigenvalue weighted by Crippen LogP contribution is -2.25. The molecule has 0 unspecified atom stereocenters. The van der Waals surface area contributed by atoms with Gasteiger partial charge in [0.05, 0.1) is 7.11 Å². The zero-order valence-corrected chi connectivity index (χ0v) is 15.3. The summed E-state index contributed by atoms with van der Waals surface area (Å²) >= 11 is 3.36. The van der Waals surface area contributed by atoms with Crippen molar-refractivity contribution in [2.75, 3.05) is 12.4 Å². The number of hydrogen-bond acceptors (Lipinski definition) is 5. The van der Waals surface area contributed by atoms with Crippen molar-refractivity contribution in [3.8, 4) is 17.1 Å². The second-order valence-electron chi connectivity index (χ2n) is 5.34. The number of rotatable bonds is 5. The van der Waals surface area contributed by atoms with Crippen LogP contribution in [0.1, 0.15) is 13.0 Å². The quantitative estimate of drug-likeness (QED) is 0.708. The van der Waals surface area contributed by atoms with E-state index in [9.17, 15) is 4.79 Å². The first-order valence-electron chi connectivity index (χ1n) is 7.57. The molecule has 0 radical (unpaired) electrons. The highest BCUT2D eigenvalue weighted by molar-refractivity contribution is 9.10. The maximum Gasteiger partial charge on any atom is 0.250 e. The first-order valence-corrected chi connectivity index (χ1v) is 8.36. The second kappa shape index (κ2) is 7.43. The number of nitrogens with zero attached hydrogens (tertiary/aromatic N) is 4. The summed E-state index contributed by atoms with van der Waals surface area (Å²) in [5.41, 5.74) is 1.47. The average Bonchev–Trinajstić information content (AvgIpc) is 3.13. The Morgan fingerprint density at radius 3 is 2.72 bits per heavy atom. The van der Waals surface area contributed by atoms with Gasteiger partial charge in [0.1, 0.15) is 11.8 Å². The fourth-order valence-electron chi connectivity index (χ4n) is 2.15. The number of anilines is 1. The highest BCUT2D eigenvalue weighted by atomic mass is 79.9. The molecule has 25 heavy (non-hydrogen) atoms. The molecule has 3 rings (SSSR count). The number of carbonyl (C=O) groups is 1. The molecule has 0 saturated carbocycles. The molecule has 8 heteroatoms. The third-order valence-electron chi connectivity index (χ3n) is 3.59. The lowest BCUT2D eigenvalue weighted by atomic mass is 10.2. The molecule has 1 amide bonds. The van der Waals surface area contributed by atoms with Crippen LogP contribution in [0.25, 0.3) is 11.4 Å². The smallest absolute Gasteiger partial charge is 0.250 e. The molecule has 3 aromatic rings. The molecule has 0 aliphatic heterocycles. The molecule has 1 N–H and O–H groups in total. The van der Waals surface area contributed by atoms with Crippen molar-refractivity contribution in [3.05, 3.63) is 53.0 Å². The number of carbonyl (C=O) groups excluding carboxylic acids is 1. The molecule has 128 valence electrons. The Labute approximate surface area is 153 Å². The van der Waals surface area contributed by atoms with Crippen LogP contribution in [0.2, 0.25) is 0 Å². The van der Waals surface area contributed by atoms with Gasteiger partial charge in [0.15, 0.2) is 0 Å². The lowest BCUT2D eigenvalue weighted by molar-refractivity contribution is -0.119. The van der Waals surface area contributed by atoms with Gasteiger partial charge in [-0.1, -0.05) is 28.1 Å². The lowest BCUT2D eigenvalue weighted by Gasteiger charge is -2.10. The van der Waals surface area contributed by atoms with Gasteiger partial charge < -0.3 is 10.1 Å². The number of hydrogen-bond donors (Lipinski definition) is 1. The predicted octanol–water partition coefficient (Wildman–Crippen LogP) is 3.31.